The van der Waals surface area contributed by atoms with E-state index < -0.39 is 11.9 Å². The number of benzene rings is 3. The third-order valence-corrected chi connectivity index (χ3v) is 4.61. The number of rotatable bonds is 7. The van der Waals surface area contributed by atoms with E-state index in [0.29, 0.717) is 22.0 Å². The lowest BCUT2D eigenvalue weighted by molar-refractivity contribution is -0.112. The second-order valence-electron chi connectivity index (χ2n) is 6.46. The van der Waals surface area contributed by atoms with Gasteiger partial charge in [-0.15, -0.1) is 0 Å². The molecule has 0 radical (unpaired) electrons. The molecule has 3 rings (SSSR count). The van der Waals surface area contributed by atoms with Crippen molar-refractivity contribution in [3.8, 4) is 11.8 Å². The lowest BCUT2D eigenvalue weighted by atomic mass is 10.1. The molecule has 6 nitrogen and oxygen atoms in total. The van der Waals surface area contributed by atoms with Crippen LogP contribution in [0.15, 0.2) is 78.4 Å². The largest absolute Gasteiger partial charge is 0.489 e. The van der Waals surface area contributed by atoms with Gasteiger partial charge in [0.05, 0.1) is 16.3 Å². The molecule has 0 unspecified atom stereocenters. The van der Waals surface area contributed by atoms with Crippen molar-refractivity contribution in [2.24, 2.45) is 0 Å². The molecule has 0 fully saturated rings. The lowest BCUT2D eigenvalue weighted by Crippen LogP contribution is -2.13. The minimum absolute atomic E-state index is 0.0629. The Morgan fingerprint density at radius 1 is 1.03 bits per heavy atom. The van der Waals surface area contributed by atoms with Gasteiger partial charge in [-0.2, -0.15) is 5.26 Å². The first-order valence-corrected chi connectivity index (χ1v) is 9.57. The van der Waals surface area contributed by atoms with Gasteiger partial charge in [0.1, 0.15) is 24.0 Å². The average Bonchev–Trinajstić information content (AvgIpc) is 2.78. The maximum atomic E-state index is 12.4. The first-order valence-electron chi connectivity index (χ1n) is 9.19. The van der Waals surface area contributed by atoms with E-state index in [9.17, 15) is 14.9 Å². The van der Waals surface area contributed by atoms with Crippen molar-refractivity contribution in [1.29, 1.82) is 5.26 Å². The minimum Gasteiger partial charge on any atom is -0.489 e. The highest BCUT2D eigenvalue weighted by atomic mass is 35.5. The van der Waals surface area contributed by atoms with E-state index in [1.54, 1.807) is 60.7 Å². The predicted molar refractivity (Wildman–Crippen MR) is 118 cm³/mol. The van der Waals surface area contributed by atoms with E-state index in [1.807, 2.05) is 6.07 Å². The Bertz CT molecular complexity index is 1160. The number of carboxylic acid groups (broad SMARTS) is 1. The number of halogens is 1. The van der Waals surface area contributed by atoms with E-state index in [2.05, 4.69) is 5.32 Å². The van der Waals surface area contributed by atoms with Gasteiger partial charge < -0.3 is 15.2 Å². The number of carbonyl (C=O) groups is 2. The molecule has 0 aliphatic rings. The van der Waals surface area contributed by atoms with Gasteiger partial charge in [0, 0.05) is 0 Å². The highest BCUT2D eigenvalue weighted by molar-refractivity contribution is 6.34. The summed E-state index contributed by atoms with van der Waals surface area (Å²) in [7, 11) is 0. The first kappa shape index (κ1) is 21.6. The molecule has 0 aromatic heterocycles. The Morgan fingerprint density at radius 3 is 2.32 bits per heavy atom. The number of anilines is 1. The van der Waals surface area contributed by atoms with Crippen LogP contribution in [-0.2, 0) is 11.4 Å². The summed E-state index contributed by atoms with van der Waals surface area (Å²) in [6, 6.07) is 22.0. The average molecular weight is 433 g/mol. The van der Waals surface area contributed by atoms with Crippen LogP contribution in [0.2, 0.25) is 5.02 Å². The Balaban J connectivity index is 1.63. The number of carbonyl (C=O) groups excluding carboxylic acids is 1. The summed E-state index contributed by atoms with van der Waals surface area (Å²) in [4.78, 5) is 23.3. The van der Waals surface area contributed by atoms with Crippen LogP contribution < -0.4 is 10.1 Å². The van der Waals surface area contributed by atoms with Crippen LogP contribution in [0.3, 0.4) is 0 Å². The first-order chi connectivity index (χ1) is 15.0. The van der Waals surface area contributed by atoms with Crippen LogP contribution in [0.5, 0.6) is 5.75 Å². The molecular weight excluding hydrogens is 416 g/mol. The fraction of sp³-hybridized carbons (Fsp3) is 0.0417. The van der Waals surface area contributed by atoms with Crippen LogP contribution in [0.25, 0.3) is 6.08 Å². The van der Waals surface area contributed by atoms with Gasteiger partial charge in [-0.3, -0.25) is 4.79 Å². The van der Waals surface area contributed by atoms with Crippen molar-refractivity contribution in [1.82, 2.24) is 0 Å². The lowest BCUT2D eigenvalue weighted by Gasteiger charge is -2.08. The maximum Gasteiger partial charge on any atom is 0.335 e. The number of amides is 1. The highest BCUT2D eigenvalue weighted by Crippen LogP contribution is 2.22. The number of carboxylic acids is 1. The van der Waals surface area contributed by atoms with Crippen LogP contribution in [0.1, 0.15) is 21.5 Å². The molecule has 0 saturated carbocycles. The van der Waals surface area contributed by atoms with Crippen molar-refractivity contribution in [3.63, 3.8) is 0 Å². The Labute approximate surface area is 184 Å². The molecule has 31 heavy (non-hydrogen) atoms. The summed E-state index contributed by atoms with van der Waals surface area (Å²) in [5.74, 6) is -0.937. The van der Waals surface area contributed by atoms with Crippen molar-refractivity contribution >= 4 is 35.2 Å². The second kappa shape index (κ2) is 10.1. The number of nitrogens with zero attached hydrogens (tertiary/aromatic N) is 1. The molecule has 0 aliphatic carbocycles. The SMILES string of the molecule is N#C/C(=C\c1ccc(OCc2ccc(C(=O)O)cc2)cc1)C(=O)Nc1ccccc1Cl. The fourth-order valence-corrected chi connectivity index (χ4v) is 2.82. The molecule has 1 amide bonds. The number of ether oxygens (including phenoxy) is 1. The molecule has 154 valence electrons. The number of para-hydroxylation sites is 1. The van der Waals surface area contributed by atoms with Crippen LogP contribution in [0, 0.1) is 11.3 Å². The van der Waals surface area contributed by atoms with Gasteiger partial charge in [0.2, 0.25) is 0 Å². The summed E-state index contributed by atoms with van der Waals surface area (Å²) < 4.78 is 5.69. The molecule has 0 spiro atoms. The summed E-state index contributed by atoms with van der Waals surface area (Å²) >= 11 is 6.03. The van der Waals surface area contributed by atoms with Crippen molar-refractivity contribution in [2.45, 2.75) is 6.61 Å². The summed E-state index contributed by atoms with van der Waals surface area (Å²) in [5, 5.41) is 21.3. The van der Waals surface area contributed by atoms with Gasteiger partial charge >= 0.3 is 5.97 Å². The molecule has 3 aromatic carbocycles. The zero-order valence-electron chi connectivity index (χ0n) is 16.2. The summed E-state index contributed by atoms with van der Waals surface area (Å²) in [6.07, 6.45) is 1.47. The molecule has 2 N–H and O–H groups in total. The van der Waals surface area contributed by atoms with Gasteiger partial charge in [-0.25, -0.2) is 4.79 Å². The highest BCUT2D eigenvalue weighted by Gasteiger charge is 2.11. The number of hydrogen-bond donors (Lipinski definition) is 2. The molecular formula is C24H17ClN2O4. The number of nitrogens with one attached hydrogen (secondary N) is 1. The van der Waals surface area contributed by atoms with Gasteiger partial charge in [0.15, 0.2) is 0 Å². The predicted octanol–water partition coefficient (Wildman–Crippen LogP) is 5.16. The third kappa shape index (κ3) is 5.95. The van der Waals surface area contributed by atoms with E-state index in [-0.39, 0.29) is 17.7 Å². The van der Waals surface area contributed by atoms with E-state index in [4.69, 9.17) is 21.4 Å². The number of aromatic carboxylic acids is 1. The standard InChI is InChI=1S/C24H17ClN2O4/c25-21-3-1-2-4-22(21)27-23(28)19(14-26)13-16-7-11-20(12-8-16)31-15-17-5-9-18(10-6-17)24(29)30/h1-13H,15H2,(H,27,28)(H,29,30)/b19-13+. The monoisotopic (exact) mass is 432 g/mol. The zero-order valence-corrected chi connectivity index (χ0v) is 17.0. The smallest absolute Gasteiger partial charge is 0.335 e. The number of nitriles is 1. The Kier molecular flexibility index (Phi) is 7.05. The Morgan fingerprint density at radius 2 is 1.71 bits per heavy atom. The second-order valence-corrected chi connectivity index (χ2v) is 6.87. The molecule has 3 aromatic rings. The molecule has 7 heteroatoms. The van der Waals surface area contributed by atoms with Crippen molar-refractivity contribution in [2.75, 3.05) is 5.32 Å². The normalized spacial score (nSPS) is 10.8. The molecule has 0 saturated heterocycles. The number of hydrogen-bond acceptors (Lipinski definition) is 4. The van der Waals surface area contributed by atoms with Crippen LogP contribution in [0.4, 0.5) is 5.69 Å². The van der Waals surface area contributed by atoms with Gasteiger partial charge in [-0.05, 0) is 53.6 Å². The minimum atomic E-state index is -0.978. The van der Waals surface area contributed by atoms with E-state index in [0.717, 1.165) is 5.56 Å². The molecule has 0 bridgehead atoms. The van der Waals surface area contributed by atoms with Crippen LogP contribution in [-0.4, -0.2) is 17.0 Å². The van der Waals surface area contributed by atoms with Crippen LogP contribution >= 0.6 is 11.6 Å². The molecule has 0 aliphatic heterocycles. The quantitative estimate of drug-likeness (QED) is 0.396. The molecule has 0 heterocycles. The zero-order chi connectivity index (χ0) is 22.2. The van der Waals surface area contributed by atoms with Gasteiger partial charge in [-0.1, -0.05) is 48.0 Å². The molecule has 0 atom stereocenters. The Hall–Kier alpha value is -4.08. The topological polar surface area (TPSA) is 99.4 Å². The van der Waals surface area contributed by atoms with Gasteiger partial charge in [0.25, 0.3) is 5.91 Å². The van der Waals surface area contributed by atoms with E-state index in [1.165, 1.54) is 18.2 Å². The summed E-state index contributed by atoms with van der Waals surface area (Å²) in [6.45, 7) is 0.277. The summed E-state index contributed by atoms with van der Waals surface area (Å²) in [5.41, 5.74) is 2.07. The third-order valence-electron chi connectivity index (χ3n) is 4.28. The van der Waals surface area contributed by atoms with Crippen molar-refractivity contribution in [3.05, 3.63) is 100 Å². The fourth-order valence-electron chi connectivity index (χ4n) is 2.64. The maximum absolute atomic E-state index is 12.4. The van der Waals surface area contributed by atoms with E-state index >= 15 is 0 Å². The van der Waals surface area contributed by atoms with Crippen molar-refractivity contribution < 1.29 is 19.4 Å².